The lowest BCUT2D eigenvalue weighted by atomic mass is 9.72. The number of nitrogens with one attached hydrogen (secondary N) is 1. The number of pyridine rings is 1. The molecule has 0 radical (unpaired) electrons. The zero-order chi connectivity index (χ0) is 22.9. The number of primary amides is 1. The number of benzene rings is 1. The van der Waals surface area contributed by atoms with Crippen molar-refractivity contribution < 1.29 is 9.59 Å². The highest BCUT2D eigenvalue weighted by molar-refractivity contribution is 6.20. The molecule has 3 heterocycles. The molecule has 3 aromatic rings. The Bertz CT molecular complexity index is 1300. The van der Waals surface area contributed by atoms with Gasteiger partial charge < -0.3 is 15.6 Å². The Labute approximate surface area is 193 Å². The standard InChI is InChI=1S/C26H29N5O2/c1-26(2)19-13-21(31-10-8-30(9-11-31)16-4-3-5-16)28-14-18(19)23(32)22-17-7-6-15(25(27)33)12-20(17)29-24(22)26/h6-7,12-14,16,29H,3-5,8-11H2,1-2H3,(H2,27,33). The van der Waals surface area contributed by atoms with Gasteiger partial charge in [-0.05, 0) is 36.6 Å². The fourth-order valence-electron chi connectivity index (χ4n) is 5.71. The fraction of sp³-hybridized carbons (Fsp3) is 0.423. The van der Waals surface area contributed by atoms with E-state index < -0.39 is 11.3 Å². The molecule has 6 rings (SSSR count). The number of anilines is 1. The van der Waals surface area contributed by atoms with Crippen molar-refractivity contribution in [1.82, 2.24) is 14.9 Å². The lowest BCUT2D eigenvalue weighted by molar-refractivity contribution is 0.0998. The number of aromatic nitrogens is 2. The van der Waals surface area contributed by atoms with Crippen molar-refractivity contribution in [2.75, 3.05) is 31.1 Å². The van der Waals surface area contributed by atoms with E-state index in [9.17, 15) is 9.59 Å². The molecule has 0 unspecified atom stereocenters. The molecule has 1 aromatic carbocycles. The number of rotatable bonds is 3. The summed E-state index contributed by atoms with van der Waals surface area (Å²) < 4.78 is 0. The van der Waals surface area contributed by atoms with Crippen LogP contribution in [0.2, 0.25) is 0 Å². The Hall–Kier alpha value is -3.19. The van der Waals surface area contributed by atoms with Crippen molar-refractivity contribution in [3.63, 3.8) is 0 Å². The lowest BCUT2D eigenvalue weighted by Gasteiger charge is -2.43. The Balaban J connectivity index is 1.36. The number of hydrogen-bond donors (Lipinski definition) is 2. The Kier molecular flexibility index (Phi) is 4.43. The molecule has 1 aliphatic heterocycles. The molecule has 0 spiro atoms. The summed E-state index contributed by atoms with van der Waals surface area (Å²) >= 11 is 0. The van der Waals surface area contributed by atoms with E-state index in [1.807, 2.05) is 6.07 Å². The lowest BCUT2D eigenvalue weighted by Crippen LogP contribution is -2.52. The fourth-order valence-corrected chi connectivity index (χ4v) is 5.71. The number of hydrogen-bond acceptors (Lipinski definition) is 5. The largest absolute Gasteiger partial charge is 0.366 e. The summed E-state index contributed by atoms with van der Waals surface area (Å²) in [6.45, 7) is 8.34. The van der Waals surface area contributed by atoms with Crippen molar-refractivity contribution >= 4 is 28.4 Å². The van der Waals surface area contributed by atoms with Crippen LogP contribution in [0.4, 0.5) is 5.82 Å². The number of carbonyl (C=O) groups is 2. The van der Waals surface area contributed by atoms with Crippen LogP contribution in [0.1, 0.15) is 70.6 Å². The quantitative estimate of drug-likeness (QED) is 0.648. The van der Waals surface area contributed by atoms with E-state index in [-0.39, 0.29) is 5.78 Å². The molecule has 2 fully saturated rings. The van der Waals surface area contributed by atoms with Gasteiger partial charge >= 0.3 is 0 Å². The van der Waals surface area contributed by atoms with Crippen LogP contribution in [-0.4, -0.2) is 58.8 Å². The second-order valence-corrected chi connectivity index (χ2v) is 10.1. The zero-order valence-corrected chi connectivity index (χ0v) is 19.1. The van der Waals surface area contributed by atoms with Crippen molar-refractivity contribution in [3.05, 3.63) is 58.4 Å². The first kappa shape index (κ1) is 20.4. The molecule has 0 atom stereocenters. The van der Waals surface area contributed by atoms with Crippen LogP contribution >= 0.6 is 0 Å². The smallest absolute Gasteiger partial charge is 0.248 e. The molecule has 3 aliphatic rings. The maximum Gasteiger partial charge on any atom is 0.248 e. The number of aromatic amines is 1. The molecule has 3 N–H and O–H groups in total. The summed E-state index contributed by atoms with van der Waals surface area (Å²) in [6, 6.07) is 8.10. The van der Waals surface area contributed by atoms with E-state index in [0.717, 1.165) is 60.2 Å². The SMILES string of the molecule is CC1(C)c2cc(N3CCN(C4CCC4)CC3)ncc2C(=O)c2c1[nH]c1cc(C(N)=O)ccc21. The van der Waals surface area contributed by atoms with Gasteiger partial charge in [0.15, 0.2) is 5.78 Å². The van der Waals surface area contributed by atoms with Gasteiger partial charge in [0, 0.05) is 71.6 Å². The van der Waals surface area contributed by atoms with E-state index in [1.54, 1.807) is 18.3 Å². The van der Waals surface area contributed by atoms with Gasteiger partial charge in [-0.1, -0.05) is 26.3 Å². The molecular weight excluding hydrogens is 414 g/mol. The second-order valence-electron chi connectivity index (χ2n) is 10.1. The Morgan fingerprint density at radius 2 is 1.91 bits per heavy atom. The minimum Gasteiger partial charge on any atom is -0.366 e. The Morgan fingerprint density at radius 3 is 2.58 bits per heavy atom. The monoisotopic (exact) mass is 443 g/mol. The number of H-pyrrole nitrogens is 1. The van der Waals surface area contributed by atoms with Crippen LogP contribution in [0.5, 0.6) is 0 Å². The van der Waals surface area contributed by atoms with Crippen LogP contribution in [0.15, 0.2) is 30.5 Å². The van der Waals surface area contributed by atoms with Crippen LogP contribution < -0.4 is 10.6 Å². The summed E-state index contributed by atoms with van der Waals surface area (Å²) in [5.41, 5.74) is 9.44. The summed E-state index contributed by atoms with van der Waals surface area (Å²) in [6.07, 6.45) is 5.79. The highest BCUT2D eigenvalue weighted by Gasteiger charge is 2.40. The molecule has 0 bridgehead atoms. The normalized spacial score (nSPS) is 20.4. The highest BCUT2D eigenvalue weighted by Crippen LogP contribution is 2.44. The molecule has 2 aromatic heterocycles. The number of piperazine rings is 1. The van der Waals surface area contributed by atoms with E-state index in [1.165, 1.54) is 19.3 Å². The second kappa shape index (κ2) is 7.15. The van der Waals surface area contributed by atoms with E-state index in [0.29, 0.717) is 16.7 Å². The van der Waals surface area contributed by atoms with Crippen LogP contribution in [0, 0.1) is 0 Å². The topological polar surface area (TPSA) is 95.3 Å². The zero-order valence-electron chi connectivity index (χ0n) is 19.1. The van der Waals surface area contributed by atoms with Crippen molar-refractivity contribution in [2.24, 2.45) is 5.73 Å². The van der Waals surface area contributed by atoms with Crippen LogP contribution in [0.25, 0.3) is 10.9 Å². The molecule has 7 heteroatoms. The average Bonchev–Trinajstić information content (AvgIpc) is 3.17. The average molecular weight is 444 g/mol. The van der Waals surface area contributed by atoms with Gasteiger partial charge in [-0.3, -0.25) is 14.5 Å². The minimum atomic E-state index is -0.482. The third-order valence-electron chi connectivity index (χ3n) is 7.97. The van der Waals surface area contributed by atoms with E-state index in [4.69, 9.17) is 10.7 Å². The molecule has 7 nitrogen and oxygen atoms in total. The number of amides is 1. The third-order valence-corrected chi connectivity index (χ3v) is 7.97. The predicted molar refractivity (Wildman–Crippen MR) is 128 cm³/mol. The first-order chi connectivity index (χ1) is 15.8. The number of fused-ring (bicyclic) bond motifs is 4. The van der Waals surface area contributed by atoms with Gasteiger partial charge in [0.25, 0.3) is 0 Å². The van der Waals surface area contributed by atoms with Gasteiger partial charge in [0.1, 0.15) is 5.82 Å². The molecular formula is C26H29N5O2. The molecule has 33 heavy (non-hydrogen) atoms. The van der Waals surface area contributed by atoms with Gasteiger partial charge in [0.2, 0.25) is 5.91 Å². The number of ketones is 1. The van der Waals surface area contributed by atoms with Gasteiger partial charge in [-0.15, -0.1) is 0 Å². The first-order valence-corrected chi connectivity index (χ1v) is 11.8. The van der Waals surface area contributed by atoms with Crippen LogP contribution in [-0.2, 0) is 5.41 Å². The highest BCUT2D eigenvalue weighted by atomic mass is 16.1. The molecule has 2 aliphatic carbocycles. The molecule has 170 valence electrons. The van der Waals surface area contributed by atoms with Crippen molar-refractivity contribution in [1.29, 1.82) is 0 Å². The Morgan fingerprint density at radius 1 is 1.15 bits per heavy atom. The third kappa shape index (κ3) is 3.02. The number of nitrogens with zero attached hydrogens (tertiary/aromatic N) is 3. The van der Waals surface area contributed by atoms with E-state index >= 15 is 0 Å². The molecule has 1 amide bonds. The molecule has 1 saturated heterocycles. The number of carbonyl (C=O) groups excluding carboxylic acids is 2. The number of nitrogens with two attached hydrogens (primary N) is 1. The summed E-state index contributed by atoms with van der Waals surface area (Å²) in [7, 11) is 0. The minimum absolute atomic E-state index is 0.0220. The summed E-state index contributed by atoms with van der Waals surface area (Å²) in [5.74, 6) is 0.439. The summed E-state index contributed by atoms with van der Waals surface area (Å²) in [5, 5.41) is 0.815. The predicted octanol–water partition coefficient (Wildman–Crippen LogP) is 3.21. The molecule has 1 saturated carbocycles. The van der Waals surface area contributed by atoms with Gasteiger partial charge in [-0.25, -0.2) is 4.98 Å². The summed E-state index contributed by atoms with van der Waals surface area (Å²) in [4.78, 5) is 38.3. The van der Waals surface area contributed by atoms with Gasteiger partial charge in [0.05, 0.1) is 5.56 Å². The van der Waals surface area contributed by atoms with Crippen LogP contribution in [0.3, 0.4) is 0 Å². The van der Waals surface area contributed by atoms with Crippen molar-refractivity contribution in [3.8, 4) is 0 Å². The van der Waals surface area contributed by atoms with Crippen molar-refractivity contribution in [2.45, 2.75) is 44.6 Å². The van der Waals surface area contributed by atoms with E-state index in [2.05, 4.69) is 34.7 Å². The van der Waals surface area contributed by atoms with Gasteiger partial charge in [-0.2, -0.15) is 0 Å². The maximum atomic E-state index is 13.6. The first-order valence-electron chi connectivity index (χ1n) is 11.8. The maximum absolute atomic E-state index is 13.6.